The zero-order valence-electron chi connectivity index (χ0n) is 6.48. The van der Waals surface area contributed by atoms with Gasteiger partial charge in [0.25, 0.3) is 6.43 Å². The molecule has 0 spiro atoms. The molecular formula is C8H7F3IN. The molecule has 0 aliphatic rings. The predicted molar refractivity (Wildman–Crippen MR) is 52.0 cm³/mol. The Morgan fingerprint density at radius 2 is 1.92 bits per heavy atom. The second-order valence-corrected chi connectivity index (χ2v) is 3.77. The van der Waals surface area contributed by atoms with Crippen molar-refractivity contribution in [2.24, 2.45) is 5.73 Å². The molecule has 0 aliphatic heterocycles. The number of halogens is 4. The van der Waals surface area contributed by atoms with Crippen LogP contribution in [0.2, 0.25) is 0 Å². The van der Waals surface area contributed by atoms with Crippen LogP contribution in [0.1, 0.15) is 11.6 Å². The molecule has 0 radical (unpaired) electrons. The largest absolute Gasteiger partial charge is 0.319 e. The van der Waals surface area contributed by atoms with Crippen molar-refractivity contribution in [2.75, 3.05) is 0 Å². The SMILES string of the molecule is N[C@@H](c1cc(I)ccc1F)C(F)F. The molecule has 0 aliphatic carbocycles. The monoisotopic (exact) mass is 301 g/mol. The summed E-state index contributed by atoms with van der Waals surface area (Å²) >= 11 is 1.91. The highest BCUT2D eigenvalue weighted by atomic mass is 127. The Kier molecular flexibility index (Phi) is 3.55. The minimum atomic E-state index is -2.74. The average molecular weight is 301 g/mol. The Bertz CT molecular complexity index is 303. The van der Waals surface area contributed by atoms with Crippen molar-refractivity contribution in [3.05, 3.63) is 33.1 Å². The number of alkyl halides is 2. The fraction of sp³-hybridized carbons (Fsp3) is 0.250. The summed E-state index contributed by atoms with van der Waals surface area (Å²) in [6.45, 7) is 0. The third-order valence-corrected chi connectivity index (χ3v) is 2.26. The lowest BCUT2D eigenvalue weighted by molar-refractivity contribution is 0.115. The van der Waals surface area contributed by atoms with Gasteiger partial charge in [0.2, 0.25) is 0 Å². The summed E-state index contributed by atoms with van der Waals surface area (Å²) in [7, 11) is 0. The van der Waals surface area contributed by atoms with Crippen molar-refractivity contribution >= 4 is 22.6 Å². The number of rotatable bonds is 2. The maximum Gasteiger partial charge on any atom is 0.257 e. The van der Waals surface area contributed by atoms with Gasteiger partial charge in [0.05, 0.1) is 6.04 Å². The molecule has 0 bridgehead atoms. The second-order valence-electron chi connectivity index (χ2n) is 2.53. The first kappa shape index (κ1) is 10.8. The summed E-state index contributed by atoms with van der Waals surface area (Å²) in [5.41, 5.74) is 4.98. The molecule has 0 fully saturated rings. The summed E-state index contributed by atoms with van der Waals surface area (Å²) in [5, 5.41) is 0. The molecule has 0 heterocycles. The molecule has 0 amide bonds. The Balaban J connectivity index is 3.05. The molecule has 2 N–H and O–H groups in total. The van der Waals surface area contributed by atoms with Crippen LogP contribution in [0.25, 0.3) is 0 Å². The molecular weight excluding hydrogens is 294 g/mol. The molecule has 1 atom stereocenters. The molecule has 1 aromatic carbocycles. The van der Waals surface area contributed by atoms with E-state index in [0.717, 1.165) is 6.07 Å². The number of nitrogens with two attached hydrogens (primary N) is 1. The van der Waals surface area contributed by atoms with E-state index in [4.69, 9.17) is 5.73 Å². The van der Waals surface area contributed by atoms with Crippen molar-refractivity contribution in [1.82, 2.24) is 0 Å². The van der Waals surface area contributed by atoms with Gasteiger partial charge in [0, 0.05) is 9.13 Å². The quantitative estimate of drug-likeness (QED) is 0.835. The standard InChI is InChI=1S/C8H7F3IN/c9-6-2-1-4(12)3-5(6)7(13)8(10)11/h1-3,7-8H,13H2/t7-/m0/s1. The van der Waals surface area contributed by atoms with E-state index in [1.165, 1.54) is 12.1 Å². The maximum absolute atomic E-state index is 13.0. The fourth-order valence-electron chi connectivity index (χ4n) is 0.906. The van der Waals surface area contributed by atoms with Gasteiger partial charge >= 0.3 is 0 Å². The van der Waals surface area contributed by atoms with Crippen LogP contribution in [0.5, 0.6) is 0 Å². The molecule has 1 aromatic rings. The zero-order valence-corrected chi connectivity index (χ0v) is 8.63. The Morgan fingerprint density at radius 3 is 2.46 bits per heavy atom. The zero-order chi connectivity index (χ0) is 10.0. The van der Waals surface area contributed by atoms with Gasteiger partial charge in [-0.05, 0) is 40.8 Å². The van der Waals surface area contributed by atoms with Gasteiger partial charge in [-0.3, -0.25) is 0 Å². The first-order valence-corrected chi connectivity index (χ1v) is 4.59. The van der Waals surface area contributed by atoms with E-state index in [9.17, 15) is 13.2 Å². The molecule has 72 valence electrons. The summed E-state index contributed by atoms with van der Waals surface area (Å²) in [6, 6.07) is 2.42. The van der Waals surface area contributed by atoms with Gasteiger partial charge in [0.15, 0.2) is 0 Å². The first-order chi connectivity index (χ1) is 6.02. The van der Waals surface area contributed by atoms with Gasteiger partial charge in [-0.25, -0.2) is 13.2 Å². The topological polar surface area (TPSA) is 26.0 Å². The van der Waals surface area contributed by atoms with Crippen LogP contribution in [0.4, 0.5) is 13.2 Å². The second kappa shape index (κ2) is 4.28. The summed E-state index contributed by atoms with van der Waals surface area (Å²) in [6.07, 6.45) is -2.74. The van der Waals surface area contributed by atoms with E-state index in [2.05, 4.69) is 0 Å². The van der Waals surface area contributed by atoms with Crippen LogP contribution >= 0.6 is 22.6 Å². The highest BCUT2D eigenvalue weighted by Gasteiger charge is 2.20. The van der Waals surface area contributed by atoms with E-state index < -0.39 is 18.3 Å². The number of benzene rings is 1. The third kappa shape index (κ3) is 2.57. The number of hydrogen-bond acceptors (Lipinski definition) is 1. The summed E-state index contributed by atoms with van der Waals surface area (Å²) in [5.74, 6) is -0.687. The maximum atomic E-state index is 13.0. The van der Waals surface area contributed by atoms with Gasteiger partial charge in [-0.1, -0.05) is 0 Å². The van der Waals surface area contributed by atoms with Gasteiger partial charge in [-0.15, -0.1) is 0 Å². The Labute approximate surface area is 87.3 Å². The lowest BCUT2D eigenvalue weighted by Gasteiger charge is -2.11. The molecule has 0 aromatic heterocycles. The van der Waals surface area contributed by atoms with Crippen molar-refractivity contribution in [3.63, 3.8) is 0 Å². The molecule has 0 saturated carbocycles. The highest BCUT2D eigenvalue weighted by molar-refractivity contribution is 14.1. The van der Waals surface area contributed by atoms with Crippen LogP contribution in [0.3, 0.4) is 0 Å². The van der Waals surface area contributed by atoms with Gasteiger partial charge < -0.3 is 5.73 Å². The van der Waals surface area contributed by atoms with Crippen molar-refractivity contribution in [2.45, 2.75) is 12.5 Å². The van der Waals surface area contributed by atoms with E-state index in [-0.39, 0.29) is 5.56 Å². The molecule has 1 nitrogen and oxygen atoms in total. The minimum Gasteiger partial charge on any atom is -0.319 e. The van der Waals surface area contributed by atoms with Gasteiger partial charge in [0.1, 0.15) is 5.82 Å². The van der Waals surface area contributed by atoms with Gasteiger partial charge in [-0.2, -0.15) is 0 Å². The fourth-order valence-corrected chi connectivity index (χ4v) is 1.42. The van der Waals surface area contributed by atoms with E-state index in [0.29, 0.717) is 3.57 Å². The van der Waals surface area contributed by atoms with Crippen molar-refractivity contribution < 1.29 is 13.2 Å². The highest BCUT2D eigenvalue weighted by Crippen LogP contribution is 2.22. The molecule has 1 rings (SSSR count). The van der Waals surface area contributed by atoms with E-state index >= 15 is 0 Å². The summed E-state index contributed by atoms with van der Waals surface area (Å²) in [4.78, 5) is 0. The smallest absolute Gasteiger partial charge is 0.257 e. The molecule has 0 saturated heterocycles. The Morgan fingerprint density at radius 1 is 1.31 bits per heavy atom. The number of hydrogen-bond donors (Lipinski definition) is 1. The summed E-state index contributed by atoms with van der Waals surface area (Å²) < 4.78 is 37.9. The van der Waals surface area contributed by atoms with Crippen LogP contribution in [0.15, 0.2) is 18.2 Å². The van der Waals surface area contributed by atoms with E-state index in [1.807, 2.05) is 22.6 Å². The normalized spacial score (nSPS) is 13.4. The third-order valence-electron chi connectivity index (χ3n) is 1.59. The van der Waals surface area contributed by atoms with Crippen molar-refractivity contribution in [1.29, 1.82) is 0 Å². The van der Waals surface area contributed by atoms with Crippen LogP contribution in [0, 0.1) is 9.39 Å². The molecule has 5 heteroatoms. The predicted octanol–water partition coefficient (Wildman–Crippen LogP) is 2.70. The Hall–Kier alpha value is -0.300. The lowest BCUT2D eigenvalue weighted by Crippen LogP contribution is -2.20. The minimum absolute atomic E-state index is 0.137. The molecule has 0 unspecified atom stereocenters. The molecule has 13 heavy (non-hydrogen) atoms. The van der Waals surface area contributed by atoms with Crippen LogP contribution in [-0.2, 0) is 0 Å². The average Bonchev–Trinajstić information content (AvgIpc) is 2.08. The first-order valence-electron chi connectivity index (χ1n) is 3.51. The van der Waals surface area contributed by atoms with Crippen molar-refractivity contribution in [3.8, 4) is 0 Å². The van der Waals surface area contributed by atoms with Crippen LogP contribution < -0.4 is 5.73 Å². The van der Waals surface area contributed by atoms with E-state index in [1.54, 1.807) is 0 Å². The van der Waals surface area contributed by atoms with Crippen LogP contribution in [-0.4, -0.2) is 6.43 Å². The lowest BCUT2D eigenvalue weighted by atomic mass is 10.1.